The van der Waals surface area contributed by atoms with Gasteiger partial charge in [-0.1, -0.05) is 12.1 Å². The number of nitrogens with zero attached hydrogens (tertiary/aromatic N) is 2. The number of rotatable bonds is 7. The van der Waals surface area contributed by atoms with Crippen LogP contribution in [0.1, 0.15) is 13.8 Å². The van der Waals surface area contributed by atoms with Crippen LogP contribution in [0.5, 0.6) is 5.75 Å². The number of hydrogen-bond acceptors (Lipinski definition) is 4. The molecular weight excluding hydrogens is 332 g/mol. The van der Waals surface area contributed by atoms with Crippen molar-refractivity contribution in [2.24, 2.45) is 0 Å². The third kappa shape index (κ3) is 4.59. The molecule has 5 heteroatoms. The van der Waals surface area contributed by atoms with Crippen LogP contribution in [-0.2, 0) is 15.6 Å². The Labute approximate surface area is 151 Å². The lowest BCUT2D eigenvalue weighted by Crippen LogP contribution is -2.16. The summed E-state index contributed by atoms with van der Waals surface area (Å²) >= 11 is 0. The van der Waals surface area contributed by atoms with E-state index in [4.69, 9.17) is 9.47 Å². The lowest BCUT2D eigenvalue weighted by atomic mass is 10.3. The summed E-state index contributed by atoms with van der Waals surface area (Å²) in [6.45, 7) is 4.47. The summed E-state index contributed by atoms with van der Waals surface area (Å²) in [5, 5.41) is 2.00. The zero-order valence-corrected chi connectivity index (χ0v) is 15.1. The second-order valence-electron chi connectivity index (χ2n) is 5.25. The Morgan fingerprint density at radius 3 is 1.96 bits per heavy atom. The van der Waals surface area contributed by atoms with Gasteiger partial charge in [0.15, 0.2) is 11.2 Å². The molecule has 25 heavy (non-hydrogen) atoms. The fourth-order valence-electron chi connectivity index (χ4n) is 2.40. The third-order valence-corrected chi connectivity index (χ3v) is 5.52. The molecule has 0 bridgehead atoms. The minimum absolute atomic E-state index is 0.263. The summed E-state index contributed by atoms with van der Waals surface area (Å²) in [4.78, 5) is 10.2. The summed E-state index contributed by atoms with van der Waals surface area (Å²) in [7, 11) is -0.348. The van der Waals surface area contributed by atoms with Crippen molar-refractivity contribution in [3.63, 3.8) is 0 Å². The Morgan fingerprint density at radius 2 is 1.48 bits per heavy atom. The standard InChI is InChI=1S/C20H21N2O2S/c1-3-23-16(2)24-17-10-12-18(13-11-17)25(19-8-4-6-14-21-19)20-9-5-7-15-22-20/h4-16H,3H2,1-2H3/q+1. The van der Waals surface area contributed by atoms with Gasteiger partial charge in [0.2, 0.25) is 0 Å². The van der Waals surface area contributed by atoms with Gasteiger partial charge in [-0.3, -0.25) is 0 Å². The van der Waals surface area contributed by atoms with E-state index in [1.54, 1.807) is 0 Å². The highest BCUT2D eigenvalue weighted by molar-refractivity contribution is 7.96. The molecular formula is C20H21N2O2S+. The largest absolute Gasteiger partial charge is 0.465 e. The zero-order valence-electron chi connectivity index (χ0n) is 14.3. The topological polar surface area (TPSA) is 44.2 Å². The van der Waals surface area contributed by atoms with Crippen LogP contribution in [0.3, 0.4) is 0 Å². The molecule has 1 aromatic carbocycles. The van der Waals surface area contributed by atoms with Gasteiger partial charge in [-0.25, -0.2) is 9.97 Å². The van der Waals surface area contributed by atoms with Crippen molar-refractivity contribution in [1.82, 2.24) is 9.97 Å². The maximum Gasteiger partial charge on any atom is 0.259 e. The third-order valence-electron chi connectivity index (χ3n) is 3.46. The van der Waals surface area contributed by atoms with Crippen molar-refractivity contribution in [2.75, 3.05) is 6.61 Å². The van der Waals surface area contributed by atoms with E-state index in [9.17, 15) is 0 Å². The van der Waals surface area contributed by atoms with E-state index in [0.717, 1.165) is 20.7 Å². The molecule has 0 aliphatic rings. The van der Waals surface area contributed by atoms with E-state index in [0.29, 0.717) is 6.61 Å². The Hall–Kier alpha value is -2.37. The van der Waals surface area contributed by atoms with Crippen molar-refractivity contribution in [3.8, 4) is 5.75 Å². The highest BCUT2D eigenvalue weighted by Crippen LogP contribution is 2.29. The van der Waals surface area contributed by atoms with Crippen LogP contribution in [0.25, 0.3) is 0 Å². The van der Waals surface area contributed by atoms with Crippen molar-refractivity contribution >= 4 is 10.9 Å². The van der Waals surface area contributed by atoms with Gasteiger partial charge in [0, 0.05) is 31.1 Å². The number of pyridine rings is 2. The fraction of sp³-hybridized carbons (Fsp3) is 0.200. The van der Waals surface area contributed by atoms with E-state index >= 15 is 0 Å². The highest BCUT2D eigenvalue weighted by Gasteiger charge is 2.31. The van der Waals surface area contributed by atoms with E-state index in [-0.39, 0.29) is 17.2 Å². The van der Waals surface area contributed by atoms with Crippen molar-refractivity contribution in [1.29, 1.82) is 0 Å². The Kier molecular flexibility index (Phi) is 6.04. The Bertz CT molecular complexity index is 727. The minimum Gasteiger partial charge on any atom is -0.465 e. The quantitative estimate of drug-likeness (QED) is 0.468. The molecule has 0 N–H and O–H groups in total. The molecule has 0 spiro atoms. The van der Waals surface area contributed by atoms with Crippen molar-refractivity contribution < 1.29 is 9.47 Å². The number of benzene rings is 1. The molecule has 0 aliphatic heterocycles. The minimum atomic E-state index is -0.348. The maximum atomic E-state index is 5.75. The Balaban J connectivity index is 1.89. The van der Waals surface area contributed by atoms with Gasteiger partial charge < -0.3 is 9.47 Å². The molecule has 0 amide bonds. The van der Waals surface area contributed by atoms with Gasteiger partial charge in [-0.15, -0.1) is 0 Å². The van der Waals surface area contributed by atoms with Gasteiger partial charge in [0.05, 0.1) is 0 Å². The second-order valence-corrected chi connectivity index (χ2v) is 7.17. The fourth-order valence-corrected chi connectivity index (χ4v) is 4.27. The summed E-state index contributed by atoms with van der Waals surface area (Å²) < 4.78 is 11.2. The predicted octanol–water partition coefficient (Wildman–Crippen LogP) is 4.33. The lowest BCUT2D eigenvalue weighted by Gasteiger charge is -2.14. The first-order chi connectivity index (χ1) is 12.3. The van der Waals surface area contributed by atoms with Gasteiger partial charge in [0.1, 0.15) is 16.6 Å². The van der Waals surface area contributed by atoms with Crippen LogP contribution in [0.15, 0.2) is 88.0 Å². The van der Waals surface area contributed by atoms with Crippen LogP contribution in [0.2, 0.25) is 0 Å². The monoisotopic (exact) mass is 353 g/mol. The van der Waals surface area contributed by atoms with Crippen molar-refractivity contribution in [2.45, 2.75) is 35.1 Å². The van der Waals surface area contributed by atoms with E-state index in [1.165, 1.54) is 0 Å². The van der Waals surface area contributed by atoms with Crippen LogP contribution < -0.4 is 4.74 Å². The number of hydrogen-bond donors (Lipinski definition) is 0. The van der Waals surface area contributed by atoms with Crippen LogP contribution in [0, 0.1) is 0 Å². The first kappa shape index (κ1) is 17.5. The maximum absolute atomic E-state index is 5.75. The average molecular weight is 353 g/mol. The average Bonchev–Trinajstić information content (AvgIpc) is 2.65. The first-order valence-electron chi connectivity index (χ1n) is 8.22. The molecule has 1 atom stereocenters. The van der Waals surface area contributed by atoms with Crippen LogP contribution in [-0.4, -0.2) is 22.9 Å². The Morgan fingerprint density at radius 1 is 0.880 bits per heavy atom. The lowest BCUT2D eigenvalue weighted by molar-refractivity contribution is -0.0613. The molecule has 0 radical (unpaired) electrons. The molecule has 0 fully saturated rings. The van der Waals surface area contributed by atoms with E-state index < -0.39 is 0 Å². The predicted molar refractivity (Wildman–Crippen MR) is 98.8 cm³/mol. The summed E-state index contributed by atoms with van der Waals surface area (Å²) in [5.74, 6) is 0.787. The molecule has 0 saturated carbocycles. The van der Waals surface area contributed by atoms with Gasteiger partial charge >= 0.3 is 0 Å². The second kappa shape index (κ2) is 8.65. The van der Waals surface area contributed by atoms with Gasteiger partial charge in [0.25, 0.3) is 10.1 Å². The molecule has 1 unspecified atom stereocenters. The SMILES string of the molecule is CCOC(C)Oc1ccc([S+](c2ccccn2)c2ccccn2)cc1. The number of ether oxygens (including phenoxy) is 2. The molecule has 4 nitrogen and oxygen atoms in total. The molecule has 3 rings (SSSR count). The zero-order chi connectivity index (χ0) is 17.5. The molecule has 0 aliphatic carbocycles. The first-order valence-corrected chi connectivity index (χ1v) is 9.45. The van der Waals surface area contributed by atoms with E-state index in [2.05, 4.69) is 22.1 Å². The van der Waals surface area contributed by atoms with Crippen LogP contribution >= 0.6 is 0 Å². The van der Waals surface area contributed by atoms with Crippen molar-refractivity contribution in [3.05, 3.63) is 73.1 Å². The van der Waals surface area contributed by atoms with Crippen LogP contribution in [0.4, 0.5) is 0 Å². The summed E-state index contributed by atoms with van der Waals surface area (Å²) in [6.07, 6.45) is 3.37. The molecule has 2 aromatic heterocycles. The summed E-state index contributed by atoms with van der Waals surface area (Å²) in [6, 6.07) is 20.0. The summed E-state index contributed by atoms with van der Waals surface area (Å²) in [5.41, 5.74) is 0. The normalized spacial score (nSPS) is 12.1. The number of aromatic nitrogens is 2. The van der Waals surface area contributed by atoms with Gasteiger partial charge in [-0.2, -0.15) is 0 Å². The molecule has 0 saturated heterocycles. The molecule has 128 valence electrons. The molecule has 2 heterocycles. The van der Waals surface area contributed by atoms with Gasteiger partial charge in [-0.05, 0) is 50.2 Å². The molecule has 3 aromatic rings. The smallest absolute Gasteiger partial charge is 0.259 e. The highest BCUT2D eigenvalue weighted by atomic mass is 32.2. The van der Waals surface area contributed by atoms with E-state index in [1.807, 2.05) is 74.8 Å².